The zero-order chi connectivity index (χ0) is 14.8. The maximum Gasteiger partial charge on any atom is 0.306 e. The fourth-order valence-electron chi connectivity index (χ4n) is 3.17. The van der Waals surface area contributed by atoms with E-state index in [9.17, 15) is 9.59 Å². The molecular weight excluding hydrogens is 270 g/mol. The number of ether oxygens (including phenoxy) is 1. The number of rotatable bonds is 3. The minimum Gasteiger partial charge on any atom is -0.492 e. The molecule has 1 aromatic carbocycles. The normalized spacial score (nSPS) is 27.5. The molecule has 21 heavy (non-hydrogen) atoms. The van der Waals surface area contributed by atoms with Gasteiger partial charge in [-0.05, 0) is 31.7 Å². The van der Waals surface area contributed by atoms with Gasteiger partial charge in [-0.25, -0.2) is 0 Å². The first-order valence-corrected chi connectivity index (χ1v) is 7.40. The van der Waals surface area contributed by atoms with E-state index in [1.165, 1.54) is 0 Å². The van der Waals surface area contributed by atoms with Crippen LogP contribution in [0.4, 0.5) is 0 Å². The van der Waals surface area contributed by atoms with Gasteiger partial charge in [0.2, 0.25) is 5.91 Å². The summed E-state index contributed by atoms with van der Waals surface area (Å²) in [5.74, 6) is -0.462. The number of carboxylic acids is 1. The van der Waals surface area contributed by atoms with Crippen molar-refractivity contribution in [1.29, 1.82) is 0 Å². The van der Waals surface area contributed by atoms with E-state index in [1.807, 2.05) is 24.3 Å². The first kappa shape index (κ1) is 13.9. The highest BCUT2D eigenvalue weighted by Crippen LogP contribution is 2.34. The van der Waals surface area contributed by atoms with Gasteiger partial charge in [0.05, 0.1) is 5.92 Å². The van der Waals surface area contributed by atoms with E-state index >= 15 is 0 Å². The van der Waals surface area contributed by atoms with E-state index in [2.05, 4.69) is 5.32 Å². The Morgan fingerprint density at radius 2 is 1.86 bits per heavy atom. The third-order valence-corrected chi connectivity index (χ3v) is 4.44. The standard InChI is InChI=1S/C16H19NO4/c18-15(13-9-21-14-4-2-1-3-12(13)14)17-11-7-5-10(6-8-11)16(19)20/h1-4,10-11,13H,5-9H2,(H,17,18)(H,19,20)/t10?,11?,13-/m0/s1. The van der Waals surface area contributed by atoms with Gasteiger partial charge in [-0.3, -0.25) is 9.59 Å². The lowest BCUT2D eigenvalue weighted by molar-refractivity contribution is -0.142. The maximum atomic E-state index is 12.4. The Bertz CT molecular complexity index is 549. The fraction of sp³-hybridized carbons (Fsp3) is 0.500. The summed E-state index contributed by atoms with van der Waals surface area (Å²) in [6, 6.07) is 7.69. The number of hydrogen-bond acceptors (Lipinski definition) is 3. The van der Waals surface area contributed by atoms with Gasteiger partial charge in [-0.1, -0.05) is 18.2 Å². The molecule has 2 N–H and O–H groups in total. The molecule has 5 heteroatoms. The predicted molar refractivity (Wildman–Crippen MR) is 76.2 cm³/mol. The number of fused-ring (bicyclic) bond motifs is 1. The lowest BCUT2D eigenvalue weighted by atomic mass is 9.86. The van der Waals surface area contributed by atoms with Crippen molar-refractivity contribution in [2.24, 2.45) is 5.92 Å². The molecule has 0 saturated heterocycles. The van der Waals surface area contributed by atoms with E-state index in [4.69, 9.17) is 9.84 Å². The Kier molecular flexibility index (Phi) is 3.82. The first-order valence-electron chi connectivity index (χ1n) is 7.40. The van der Waals surface area contributed by atoms with Crippen molar-refractivity contribution < 1.29 is 19.4 Å². The SMILES string of the molecule is O=C(O)C1CCC(NC(=O)[C@H]2COc3ccccc32)CC1. The number of benzene rings is 1. The van der Waals surface area contributed by atoms with Gasteiger partial charge >= 0.3 is 5.97 Å². The number of nitrogens with one attached hydrogen (secondary N) is 1. The van der Waals surface area contributed by atoms with Gasteiger partial charge in [-0.2, -0.15) is 0 Å². The van der Waals surface area contributed by atoms with E-state index in [1.54, 1.807) is 0 Å². The molecule has 1 aliphatic carbocycles. The smallest absolute Gasteiger partial charge is 0.306 e. The first-order chi connectivity index (χ1) is 10.1. The number of carbonyl (C=O) groups is 2. The molecule has 1 saturated carbocycles. The van der Waals surface area contributed by atoms with Crippen LogP contribution in [-0.4, -0.2) is 29.6 Å². The van der Waals surface area contributed by atoms with Crippen molar-refractivity contribution in [3.8, 4) is 5.75 Å². The van der Waals surface area contributed by atoms with Crippen LogP contribution in [0.25, 0.3) is 0 Å². The molecule has 1 fully saturated rings. The summed E-state index contributed by atoms with van der Waals surface area (Å²) in [4.78, 5) is 23.3. The van der Waals surface area contributed by atoms with E-state index in [-0.39, 0.29) is 23.8 Å². The summed E-state index contributed by atoms with van der Waals surface area (Å²) >= 11 is 0. The predicted octanol–water partition coefficient (Wildman–Crippen LogP) is 1.92. The summed E-state index contributed by atoms with van der Waals surface area (Å²) in [7, 11) is 0. The third-order valence-electron chi connectivity index (χ3n) is 4.44. The Morgan fingerprint density at radius 3 is 2.57 bits per heavy atom. The largest absolute Gasteiger partial charge is 0.492 e. The second kappa shape index (κ2) is 5.76. The van der Waals surface area contributed by atoms with Crippen LogP contribution in [0, 0.1) is 5.92 Å². The molecular formula is C16H19NO4. The highest BCUT2D eigenvalue weighted by atomic mass is 16.5. The lowest BCUT2D eigenvalue weighted by Crippen LogP contribution is -2.41. The number of para-hydroxylation sites is 1. The van der Waals surface area contributed by atoms with Gasteiger partial charge in [0.15, 0.2) is 0 Å². The Hall–Kier alpha value is -2.04. The van der Waals surface area contributed by atoms with Crippen LogP contribution in [0.15, 0.2) is 24.3 Å². The van der Waals surface area contributed by atoms with Crippen LogP contribution in [0.3, 0.4) is 0 Å². The second-order valence-electron chi connectivity index (χ2n) is 5.80. The van der Waals surface area contributed by atoms with Gasteiger partial charge in [0, 0.05) is 11.6 Å². The van der Waals surface area contributed by atoms with Crippen molar-refractivity contribution in [3.05, 3.63) is 29.8 Å². The molecule has 0 aromatic heterocycles. The highest BCUT2D eigenvalue weighted by molar-refractivity contribution is 5.85. The molecule has 112 valence electrons. The number of amides is 1. The van der Waals surface area contributed by atoms with Crippen LogP contribution < -0.4 is 10.1 Å². The molecule has 0 spiro atoms. The molecule has 1 amide bonds. The summed E-state index contributed by atoms with van der Waals surface area (Å²) in [6.07, 6.45) is 2.74. The van der Waals surface area contributed by atoms with Crippen LogP contribution in [0.2, 0.25) is 0 Å². The molecule has 2 aliphatic rings. The quantitative estimate of drug-likeness (QED) is 0.891. The molecule has 1 atom stereocenters. The van der Waals surface area contributed by atoms with Crippen LogP contribution in [0.1, 0.15) is 37.2 Å². The molecule has 0 radical (unpaired) electrons. The van der Waals surface area contributed by atoms with Crippen molar-refractivity contribution in [2.45, 2.75) is 37.6 Å². The zero-order valence-corrected chi connectivity index (χ0v) is 11.7. The van der Waals surface area contributed by atoms with Crippen molar-refractivity contribution in [3.63, 3.8) is 0 Å². The van der Waals surface area contributed by atoms with Crippen LogP contribution >= 0.6 is 0 Å². The minimum atomic E-state index is -0.724. The van der Waals surface area contributed by atoms with Crippen molar-refractivity contribution in [2.75, 3.05) is 6.61 Å². The van der Waals surface area contributed by atoms with Gasteiger partial charge in [0.25, 0.3) is 0 Å². The van der Waals surface area contributed by atoms with Crippen LogP contribution in [-0.2, 0) is 9.59 Å². The molecule has 5 nitrogen and oxygen atoms in total. The topological polar surface area (TPSA) is 75.6 Å². The summed E-state index contributed by atoms with van der Waals surface area (Å²) < 4.78 is 5.53. The fourth-order valence-corrected chi connectivity index (χ4v) is 3.17. The lowest BCUT2D eigenvalue weighted by Gasteiger charge is -2.27. The Balaban J connectivity index is 1.57. The Morgan fingerprint density at radius 1 is 1.14 bits per heavy atom. The molecule has 0 unspecified atom stereocenters. The van der Waals surface area contributed by atoms with Crippen molar-refractivity contribution >= 4 is 11.9 Å². The minimum absolute atomic E-state index is 0.0151. The number of aliphatic carboxylic acids is 1. The monoisotopic (exact) mass is 289 g/mol. The molecule has 1 heterocycles. The van der Waals surface area contributed by atoms with Gasteiger partial charge < -0.3 is 15.2 Å². The van der Waals surface area contributed by atoms with E-state index in [0.29, 0.717) is 19.4 Å². The Labute approximate surface area is 123 Å². The van der Waals surface area contributed by atoms with Gasteiger partial charge in [0.1, 0.15) is 18.3 Å². The van der Waals surface area contributed by atoms with Crippen molar-refractivity contribution in [1.82, 2.24) is 5.32 Å². The van der Waals surface area contributed by atoms with E-state index < -0.39 is 5.97 Å². The molecule has 1 aromatic rings. The second-order valence-corrected chi connectivity index (χ2v) is 5.80. The highest BCUT2D eigenvalue weighted by Gasteiger charge is 2.33. The summed E-state index contributed by atoms with van der Waals surface area (Å²) in [5.41, 5.74) is 0.939. The number of carbonyl (C=O) groups excluding carboxylic acids is 1. The molecule has 1 aliphatic heterocycles. The third kappa shape index (κ3) is 2.86. The zero-order valence-electron chi connectivity index (χ0n) is 11.7. The summed E-state index contributed by atoms with van der Waals surface area (Å²) in [5, 5.41) is 12.0. The van der Waals surface area contributed by atoms with Gasteiger partial charge in [-0.15, -0.1) is 0 Å². The maximum absolute atomic E-state index is 12.4. The molecule has 3 rings (SSSR count). The number of hydrogen-bond donors (Lipinski definition) is 2. The summed E-state index contributed by atoms with van der Waals surface area (Å²) in [6.45, 7) is 0.385. The van der Waals surface area contributed by atoms with Crippen LogP contribution in [0.5, 0.6) is 5.75 Å². The number of carboxylic acid groups (broad SMARTS) is 1. The molecule has 0 bridgehead atoms. The van der Waals surface area contributed by atoms with E-state index in [0.717, 1.165) is 24.2 Å². The average Bonchev–Trinajstić information content (AvgIpc) is 2.92. The average molecular weight is 289 g/mol.